The molecular weight excluding hydrogens is 462 g/mol. The first-order chi connectivity index (χ1) is 17.3. The maximum atomic E-state index is 13.7. The van der Waals surface area contributed by atoms with Gasteiger partial charge in [-0.3, -0.25) is 9.59 Å². The summed E-state index contributed by atoms with van der Waals surface area (Å²) >= 11 is 0. The van der Waals surface area contributed by atoms with Gasteiger partial charge in [-0.2, -0.15) is 9.98 Å². The summed E-state index contributed by atoms with van der Waals surface area (Å²) in [5, 5.41) is 18.2. The van der Waals surface area contributed by atoms with Gasteiger partial charge in [-0.15, -0.1) is 0 Å². The van der Waals surface area contributed by atoms with Crippen LogP contribution in [0.4, 0.5) is 5.82 Å². The molecule has 2 heterocycles. The van der Waals surface area contributed by atoms with Gasteiger partial charge in [0.25, 0.3) is 11.7 Å². The first kappa shape index (κ1) is 25.2. The van der Waals surface area contributed by atoms with Crippen LogP contribution in [0, 0.1) is 5.41 Å². The van der Waals surface area contributed by atoms with Crippen LogP contribution in [0.1, 0.15) is 53.7 Å². The molecule has 36 heavy (non-hydrogen) atoms. The first-order valence-corrected chi connectivity index (χ1v) is 12.0. The molecule has 4 rings (SSSR count). The number of nitrogens with one attached hydrogen (secondary N) is 2. The van der Waals surface area contributed by atoms with Crippen molar-refractivity contribution in [1.82, 2.24) is 9.88 Å². The van der Waals surface area contributed by atoms with Crippen molar-refractivity contribution in [3.05, 3.63) is 57.4 Å². The van der Waals surface area contributed by atoms with E-state index in [-0.39, 0.29) is 30.2 Å². The van der Waals surface area contributed by atoms with Crippen LogP contribution >= 0.6 is 0 Å². The first-order valence-electron chi connectivity index (χ1n) is 12.0. The SMILES string of the molecule is CCCC(=N)[n+]1c(N)c(=O)[nH]c2cc(C(=O)N3CCc4cc(OC)c(OC)cc4C3CCO)ccc21. The summed E-state index contributed by atoms with van der Waals surface area (Å²) in [5.74, 6) is 1.11. The van der Waals surface area contributed by atoms with E-state index < -0.39 is 5.56 Å². The Balaban J connectivity index is 1.76. The molecule has 1 aliphatic rings. The second-order valence-electron chi connectivity index (χ2n) is 8.79. The van der Waals surface area contributed by atoms with Gasteiger partial charge < -0.3 is 30.2 Å². The van der Waals surface area contributed by atoms with Crippen LogP contribution in [0.25, 0.3) is 11.0 Å². The number of methoxy groups -OCH3 is 2. The van der Waals surface area contributed by atoms with Gasteiger partial charge in [0.05, 0.1) is 25.8 Å². The van der Waals surface area contributed by atoms with Crippen molar-refractivity contribution in [2.45, 2.75) is 38.6 Å². The van der Waals surface area contributed by atoms with Crippen molar-refractivity contribution in [2.75, 3.05) is 33.1 Å². The summed E-state index contributed by atoms with van der Waals surface area (Å²) in [6, 6.07) is 8.44. The minimum atomic E-state index is -0.515. The van der Waals surface area contributed by atoms with Crippen LogP contribution in [-0.4, -0.2) is 54.1 Å². The second-order valence-corrected chi connectivity index (χ2v) is 8.79. The molecular formula is C26H32N5O5+. The lowest BCUT2D eigenvalue weighted by Gasteiger charge is -2.37. The monoisotopic (exact) mass is 494 g/mol. The fraction of sp³-hybridized carbons (Fsp3) is 0.385. The molecule has 3 aromatic rings. The summed E-state index contributed by atoms with van der Waals surface area (Å²) in [4.78, 5) is 30.7. The molecule has 10 nitrogen and oxygen atoms in total. The number of carbonyl (C=O) groups excluding carboxylic acids is 1. The van der Waals surface area contributed by atoms with Gasteiger partial charge >= 0.3 is 5.56 Å². The predicted molar refractivity (Wildman–Crippen MR) is 136 cm³/mol. The van der Waals surface area contributed by atoms with Gasteiger partial charge in [0.2, 0.25) is 5.84 Å². The number of hydrogen-bond donors (Lipinski definition) is 4. The number of ether oxygens (including phenoxy) is 2. The summed E-state index contributed by atoms with van der Waals surface area (Å²) < 4.78 is 12.3. The highest BCUT2D eigenvalue weighted by atomic mass is 16.5. The molecule has 1 aliphatic heterocycles. The topological polar surface area (TPSA) is 146 Å². The van der Waals surface area contributed by atoms with Crippen LogP contribution in [0.2, 0.25) is 0 Å². The smallest absolute Gasteiger partial charge is 0.321 e. The summed E-state index contributed by atoms with van der Waals surface area (Å²) in [6.45, 7) is 2.32. The Kier molecular flexibility index (Phi) is 7.25. The lowest BCUT2D eigenvalue weighted by atomic mass is 9.89. The summed E-state index contributed by atoms with van der Waals surface area (Å²) in [7, 11) is 3.14. The molecule has 0 spiro atoms. The number of hydrogen-bond acceptors (Lipinski definition) is 7. The molecule has 0 fully saturated rings. The van der Waals surface area contributed by atoms with E-state index in [1.807, 2.05) is 19.1 Å². The van der Waals surface area contributed by atoms with Crippen LogP contribution in [0.3, 0.4) is 0 Å². The van der Waals surface area contributed by atoms with E-state index in [4.69, 9.17) is 20.6 Å². The van der Waals surface area contributed by atoms with Gasteiger partial charge in [0.15, 0.2) is 11.5 Å². The van der Waals surface area contributed by atoms with Crippen LogP contribution < -0.4 is 25.3 Å². The molecule has 1 unspecified atom stereocenters. The van der Waals surface area contributed by atoms with Crippen molar-refractivity contribution in [2.24, 2.45) is 0 Å². The zero-order valence-electron chi connectivity index (χ0n) is 20.8. The standard InChI is InChI=1S/C26H31N5O5/c1-4-5-23(27)31-20-7-6-16(12-18(20)29-25(33)24(31)28)26(34)30-10-8-15-13-21(35-2)22(36-3)14-17(15)19(30)9-11-32/h6-7,12-14,19,27-28,32H,4-5,8-11H2,1-3H3,(H,29,33)/p+1. The van der Waals surface area contributed by atoms with Gasteiger partial charge in [0.1, 0.15) is 5.52 Å². The van der Waals surface area contributed by atoms with Crippen molar-refractivity contribution in [3.63, 3.8) is 0 Å². The third-order valence-corrected chi connectivity index (χ3v) is 6.63. The molecule has 2 aromatic carbocycles. The normalized spacial score (nSPS) is 15.0. The Morgan fingerprint density at radius 1 is 1.25 bits per heavy atom. The Morgan fingerprint density at radius 3 is 2.64 bits per heavy atom. The number of nitrogens with two attached hydrogens (primary N) is 1. The molecule has 0 radical (unpaired) electrons. The fourth-order valence-corrected chi connectivity index (χ4v) is 4.89. The average molecular weight is 495 g/mol. The van der Waals surface area contributed by atoms with Gasteiger partial charge in [-0.05, 0) is 60.7 Å². The van der Waals surface area contributed by atoms with E-state index in [9.17, 15) is 14.7 Å². The third-order valence-electron chi connectivity index (χ3n) is 6.63. The van der Waals surface area contributed by atoms with Crippen molar-refractivity contribution < 1.29 is 23.9 Å². The van der Waals surface area contributed by atoms with E-state index in [0.29, 0.717) is 53.9 Å². The quantitative estimate of drug-likeness (QED) is 0.225. The Labute approximate surface area is 208 Å². The minimum absolute atomic E-state index is 0.0694. The number of aromatic nitrogens is 2. The zero-order chi connectivity index (χ0) is 26.0. The minimum Gasteiger partial charge on any atom is -0.493 e. The number of anilines is 1. The van der Waals surface area contributed by atoms with Gasteiger partial charge in [-0.25, -0.2) is 0 Å². The zero-order valence-corrected chi connectivity index (χ0v) is 20.8. The molecule has 0 aliphatic carbocycles. The lowest BCUT2D eigenvalue weighted by Crippen LogP contribution is -2.49. The second kappa shape index (κ2) is 10.4. The predicted octanol–water partition coefficient (Wildman–Crippen LogP) is 2.16. The summed E-state index contributed by atoms with van der Waals surface area (Å²) in [6.07, 6.45) is 2.18. The van der Waals surface area contributed by atoms with E-state index in [1.165, 1.54) is 4.57 Å². The summed E-state index contributed by atoms with van der Waals surface area (Å²) in [5.41, 5.74) is 8.80. The molecule has 1 aromatic heterocycles. The highest BCUT2D eigenvalue weighted by Gasteiger charge is 2.32. The van der Waals surface area contributed by atoms with E-state index in [2.05, 4.69) is 4.98 Å². The van der Waals surface area contributed by atoms with Crippen molar-refractivity contribution in [1.29, 1.82) is 5.41 Å². The lowest BCUT2D eigenvalue weighted by molar-refractivity contribution is -0.514. The molecule has 0 saturated heterocycles. The Morgan fingerprint density at radius 2 is 1.97 bits per heavy atom. The molecule has 10 heteroatoms. The number of aliphatic hydroxyl groups is 1. The fourth-order valence-electron chi connectivity index (χ4n) is 4.89. The van der Waals surface area contributed by atoms with Crippen LogP contribution in [-0.2, 0) is 6.42 Å². The number of rotatable bonds is 7. The Hall–Kier alpha value is -3.92. The van der Waals surface area contributed by atoms with E-state index in [1.54, 1.807) is 37.3 Å². The molecule has 5 N–H and O–H groups in total. The molecule has 0 saturated carbocycles. The van der Waals surface area contributed by atoms with Crippen molar-refractivity contribution in [3.8, 4) is 11.5 Å². The molecule has 0 bridgehead atoms. The number of benzene rings is 2. The third kappa shape index (κ3) is 4.39. The van der Waals surface area contributed by atoms with Crippen molar-refractivity contribution >= 4 is 28.6 Å². The number of nitrogens with zero attached hydrogens (tertiary/aromatic N) is 2. The number of H-pyrrole nitrogens is 1. The molecule has 1 atom stereocenters. The highest BCUT2D eigenvalue weighted by molar-refractivity contribution is 5.97. The maximum Gasteiger partial charge on any atom is 0.321 e. The Bertz CT molecular complexity index is 1380. The number of aromatic amines is 1. The number of fused-ring (bicyclic) bond motifs is 2. The van der Waals surface area contributed by atoms with Gasteiger partial charge in [0, 0.05) is 25.1 Å². The maximum absolute atomic E-state index is 13.7. The van der Waals surface area contributed by atoms with Crippen LogP contribution in [0.15, 0.2) is 35.1 Å². The van der Waals surface area contributed by atoms with E-state index >= 15 is 0 Å². The number of carbonyl (C=O) groups is 1. The highest BCUT2D eigenvalue weighted by Crippen LogP contribution is 2.40. The largest absolute Gasteiger partial charge is 0.493 e. The number of amides is 1. The van der Waals surface area contributed by atoms with Gasteiger partial charge in [-0.1, -0.05) is 6.92 Å². The van der Waals surface area contributed by atoms with Crippen LogP contribution in [0.5, 0.6) is 11.5 Å². The molecule has 190 valence electrons. The average Bonchev–Trinajstić information content (AvgIpc) is 2.88. The van der Waals surface area contributed by atoms with E-state index in [0.717, 1.165) is 17.5 Å². The molecule has 1 amide bonds. The number of aliphatic hydroxyl groups excluding tert-OH is 1. The number of nitrogen functional groups attached to an aromatic ring is 1.